The van der Waals surface area contributed by atoms with Crippen LogP contribution in [-0.2, 0) is 0 Å². The van der Waals surface area contributed by atoms with Crippen LogP contribution in [0.5, 0.6) is 0 Å². The lowest BCUT2D eigenvalue weighted by Crippen LogP contribution is -2.47. The lowest BCUT2D eigenvalue weighted by molar-refractivity contribution is 0.382. The molecule has 7 heteroatoms. The van der Waals surface area contributed by atoms with Gasteiger partial charge in [0.05, 0.1) is 11.7 Å². The third-order valence-electron chi connectivity index (χ3n) is 7.97. The summed E-state index contributed by atoms with van der Waals surface area (Å²) < 4.78 is 0. The van der Waals surface area contributed by atoms with Crippen molar-refractivity contribution < 1.29 is 0 Å². The van der Waals surface area contributed by atoms with E-state index in [0.29, 0.717) is 18.0 Å². The first-order valence-corrected chi connectivity index (χ1v) is 12.4. The molecule has 3 aliphatic rings. The predicted octanol–water partition coefficient (Wildman–Crippen LogP) is 4.47. The molecule has 168 valence electrons. The third kappa shape index (κ3) is 3.05. The van der Waals surface area contributed by atoms with Crippen LogP contribution in [0.15, 0.2) is 30.7 Å². The Kier molecular flexibility index (Phi) is 4.40. The molecule has 7 nitrogen and oxygen atoms in total. The highest BCUT2D eigenvalue weighted by Gasteiger charge is 2.38. The third-order valence-corrected chi connectivity index (χ3v) is 7.97. The van der Waals surface area contributed by atoms with Gasteiger partial charge in [0.15, 0.2) is 5.82 Å². The van der Waals surface area contributed by atoms with Crippen LogP contribution in [0, 0.1) is 6.92 Å². The number of piperidine rings is 1. The molecule has 3 fully saturated rings. The van der Waals surface area contributed by atoms with E-state index in [1.165, 1.54) is 49.5 Å². The maximum atomic E-state index is 5.32. The lowest BCUT2D eigenvalue weighted by atomic mass is 9.79. The molecule has 0 spiro atoms. The van der Waals surface area contributed by atoms with Crippen LogP contribution < -0.4 is 10.2 Å². The highest BCUT2D eigenvalue weighted by molar-refractivity contribution is 5.97. The number of hydrogen-bond donors (Lipinski definition) is 2. The van der Waals surface area contributed by atoms with Crippen molar-refractivity contribution in [2.45, 2.75) is 63.5 Å². The van der Waals surface area contributed by atoms with Crippen LogP contribution in [0.25, 0.3) is 33.3 Å². The highest BCUT2D eigenvalue weighted by Crippen LogP contribution is 2.43. The fourth-order valence-electron chi connectivity index (χ4n) is 6.11. The standard InChI is InChI=1S/C26H29N7/c1-15-12-18-17(7-10-29-24(18)30-15)25-31-21-14-27-13-19(16-4-2-5-16)23(21)26(32-25)33-11-8-20-22(33)6-3-9-28-20/h7,10,12-14,16,20,22,28H,2-6,8-9,11H2,1H3,(H,29,30)/t20-,22-/m1/s1. The first-order valence-electron chi connectivity index (χ1n) is 12.4. The number of pyridine rings is 2. The van der Waals surface area contributed by atoms with E-state index in [-0.39, 0.29) is 0 Å². The summed E-state index contributed by atoms with van der Waals surface area (Å²) in [6, 6.07) is 5.24. The van der Waals surface area contributed by atoms with Gasteiger partial charge in [-0.05, 0) is 69.2 Å². The van der Waals surface area contributed by atoms with Crippen LogP contribution in [0.3, 0.4) is 0 Å². The van der Waals surface area contributed by atoms with Crippen molar-refractivity contribution in [3.63, 3.8) is 0 Å². The molecule has 4 aromatic rings. The van der Waals surface area contributed by atoms with Crippen molar-refractivity contribution >= 4 is 27.8 Å². The molecule has 0 aromatic carbocycles. The summed E-state index contributed by atoms with van der Waals surface area (Å²) in [6.07, 6.45) is 13.2. The van der Waals surface area contributed by atoms with E-state index in [9.17, 15) is 0 Å². The molecule has 4 aromatic heterocycles. The summed E-state index contributed by atoms with van der Waals surface area (Å²) in [7, 11) is 0. The van der Waals surface area contributed by atoms with E-state index in [2.05, 4.69) is 44.4 Å². The van der Waals surface area contributed by atoms with Crippen molar-refractivity contribution in [1.29, 1.82) is 0 Å². The summed E-state index contributed by atoms with van der Waals surface area (Å²) >= 11 is 0. The van der Waals surface area contributed by atoms with Crippen LogP contribution in [0.1, 0.15) is 55.7 Å². The summed E-state index contributed by atoms with van der Waals surface area (Å²) in [5, 5.41) is 6.05. The Morgan fingerprint density at radius 1 is 1.06 bits per heavy atom. The molecule has 7 rings (SSSR count). The molecule has 2 saturated heterocycles. The van der Waals surface area contributed by atoms with Gasteiger partial charge in [0.2, 0.25) is 0 Å². The SMILES string of the molecule is Cc1cc2c(-c3nc(N4CC[C@H]5NCCC[C@H]54)c4c(C5CCC5)cncc4n3)ccnc2[nH]1. The van der Waals surface area contributed by atoms with E-state index in [4.69, 9.17) is 9.97 Å². The van der Waals surface area contributed by atoms with Gasteiger partial charge in [-0.3, -0.25) is 4.98 Å². The minimum Gasteiger partial charge on any atom is -0.351 e. The molecule has 2 aliphatic heterocycles. The van der Waals surface area contributed by atoms with E-state index >= 15 is 0 Å². The summed E-state index contributed by atoms with van der Waals surface area (Å²) in [5.74, 6) is 2.45. The maximum Gasteiger partial charge on any atom is 0.163 e. The fraction of sp³-hybridized carbons (Fsp3) is 0.462. The van der Waals surface area contributed by atoms with Gasteiger partial charge < -0.3 is 15.2 Å². The van der Waals surface area contributed by atoms with E-state index in [1.807, 2.05) is 18.5 Å². The molecule has 6 heterocycles. The fourth-order valence-corrected chi connectivity index (χ4v) is 6.11. The quantitative estimate of drug-likeness (QED) is 0.490. The number of fused-ring (bicyclic) bond motifs is 3. The Hall–Kier alpha value is -3.06. The van der Waals surface area contributed by atoms with Crippen molar-refractivity contribution in [2.24, 2.45) is 0 Å². The molecular formula is C26H29N7. The highest BCUT2D eigenvalue weighted by atomic mass is 15.3. The average Bonchev–Trinajstić information content (AvgIpc) is 3.40. The molecule has 0 amide bonds. The normalized spacial score (nSPS) is 23.2. The van der Waals surface area contributed by atoms with Crippen molar-refractivity contribution in [1.82, 2.24) is 30.2 Å². The minimum atomic E-state index is 0.499. The zero-order valence-corrected chi connectivity index (χ0v) is 19.0. The number of aryl methyl sites for hydroxylation is 1. The first-order chi connectivity index (χ1) is 16.3. The molecule has 33 heavy (non-hydrogen) atoms. The number of nitrogens with zero attached hydrogens (tertiary/aromatic N) is 5. The number of hydrogen-bond acceptors (Lipinski definition) is 6. The van der Waals surface area contributed by atoms with Crippen molar-refractivity contribution in [2.75, 3.05) is 18.0 Å². The maximum absolute atomic E-state index is 5.32. The van der Waals surface area contributed by atoms with Crippen LogP contribution in [-0.4, -0.2) is 50.1 Å². The largest absolute Gasteiger partial charge is 0.351 e. The van der Waals surface area contributed by atoms with E-state index in [1.54, 1.807) is 0 Å². The number of aromatic amines is 1. The molecule has 1 aliphatic carbocycles. The number of nitrogens with one attached hydrogen (secondary N) is 2. The second-order valence-corrected chi connectivity index (χ2v) is 9.95. The average molecular weight is 440 g/mol. The van der Waals surface area contributed by atoms with Gasteiger partial charge in [-0.2, -0.15) is 0 Å². The van der Waals surface area contributed by atoms with E-state index < -0.39 is 0 Å². The number of aromatic nitrogens is 5. The Morgan fingerprint density at radius 3 is 2.88 bits per heavy atom. The summed E-state index contributed by atoms with van der Waals surface area (Å²) in [5.41, 5.74) is 5.30. The topological polar surface area (TPSA) is 82.6 Å². The number of rotatable bonds is 3. The van der Waals surface area contributed by atoms with Gasteiger partial charge in [-0.25, -0.2) is 15.0 Å². The van der Waals surface area contributed by atoms with E-state index in [0.717, 1.165) is 52.5 Å². The van der Waals surface area contributed by atoms with Crippen LogP contribution >= 0.6 is 0 Å². The van der Waals surface area contributed by atoms with Gasteiger partial charge in [-0.15, -0.1) is 0 Å². The zero-order valence-electron chi connectivity index (χ0n) is 19.0. The summed E-state index contributed by atoms with van der Waals surface area (Å²) in [4.78, 5) is 25.5. The van der Waals surface area contributed by atoms with Gasteiger partial charge in [0, 0.05) is 53.1 Å². The number of anilines is 1. The minimum absolute atomic E-state index is 0.499. The first kappa shape index (κ1) is 19.4. The lowest BCUT2D eigenvalue weighted by Gasteiger charge is -2.34. The molecule has 1 saturated carbocycles. The molecule has 0 unspecified atom stereocenters. The molecule has 0 bridgehead atoms. The molecular weight excluding hydrogens is 410 g/mol. The molecule has 0 radical (unpaired) electrons. The molecule has 2 atom stereocenters. The Morgan fingerprint density at radius 2 is 2.00 bits per heavy atom. The van der Waals surface area contributed by atoms with Gasteiger partial charge in [-0.1, -0.05) is 6.42 Å². The molecule has 2 N–H and O–H groups in total. The Bertz CT molecular complexity index is 1360. The van der Waals surface area contributed by atoms with Crippen LogP contribution in [0.4, 0.5) is 5.82 Å². The van der Waals surface area contributed by atoms with Gasteiger partial charge in [0.1, 0.15) is 11.5 Å². The number of H-pyrrole nitrogens is 1. The second-order valence-electron chi connectivity index (χ2n) is 9.95. The monoisotopic (exact) mass is 439 g/mol. The Balaban J connectivity index is 1.47. The smallest absolute Gasteiger partial charge is 0.163 e. The summed E-state index contributed by atoms with van der Waals surface area (Å²) in [6.45, 7) is 4.23. The van der Waals surface area contributed by atoms with Crippen molar-refractivity contribution in [3.05, 3.63) is 42.0 Å². The van der Waals surface area contributed by atoms with Gasteiger partial charge >= 0.3 is 0 Å². The Labute approximate surface area is 193 Å². The zero-order chi connectivity index (χ0) is 21.9. The van der Waals surface area contributed by atoms with Gasteiger partial charge in [0.25, 0.3) is 0 Å². The predicted molar refractivity (Wildman–Crippen MR) is 131 cm³/mol. The van der Waals surface area contributed by atoms with Crippen LogP contribution in [0.2, 0.25) is 0 Å². The van der Waals surface area contributed by atoms with Crippen molar-refractivity contribution in [3.8, 4) is 11.4 Å². The second kappa shape index (κ2) is 7.48.